The summed E-state index contributed by atoms with van der Waals surface area (Å²) < 4.78 is 7.96. The number of aryl methyl sites for hydroxylation is 1. The van der Waals surface area contributed by atoms with Crippen LogP contribution in [0.25, 0.3) is 0 Å². The van der Waals surface area contributed by atoms with E-state index in [9.17, 15) is 14.7 Å². The standard InChI is InChI=1S/C27H42N6O4/c1-19-14-33(20(2)17-34)25(35)8-7-13-32-15-23(29-30-32)18-37-24(19)16-31(6)26(36)28-22-11-9-21(10-12-22)27(3,4)5/h9-12,15,19-20,24,34H,7-8,13-14,16-18H2,1-6H3,(H,28,36)/t19-,20+,24+/m1/s1. The Morgan fingerprint density at radius 1 is 1.30 bits per heavy atom. The van der Waals surface area contributed by atoms with Gasteiger partial charge in [0.2, 0.25) is 5.91 Å². The number of amides is 3. The highest BCUT2D eigenvalue weighted by molar-refractivity contribution is 5.89. The lowest BCUT2D eigenvalue weighted by atomic mass is 9.87. The molecule has 2 aromatic rings. The van der Waals surface area contributed by atoms with Crippen molar-refractivity contribution >= 4 is 17.6 Å². The predicted octanol–water partition coefficient (Wildman–Crippen LogP) is 3.26. The van der Waals surface area contributed by atoms with Gasteiger partial charge in [-0.2, -0.15) is 0 Å². The summed E-state index contributed by atoms with van der Waals surface area (Å²) in [5.41, 5.74) is 2.65. The second-order valence-corrected chi connectivity index (χ2v) is 11.1. The molecule has 0 spiro atoms. The summed E-state index contributed by atoms with van der Waals surface area (Å²) >= 11 is 0. The molecule has 1 aromatic carbocycles. The summed E-state index contributed by atoms with van der Waals surface area (Å²) in [6.45, 7) is 11.7. The second-order valence-electron chi connectivity index (χ2n) is 11.1. The molecule has 204 valence electrons. The van der Waals surface area contributed by atoms with Crippen molar-refractivity contribution < 1.29 is 19.4 Å². The number of hydrogen-bond donors (Lipinski definition) is 2. The van der Waals surface area contributed by atoms with Crippen LogP contribution in [0.3, 0.4) is 0 Å². The van der Waals surface area contributed by atoms with E-state index >= 15 is 0 Å². The number of likely N-dealkylation sites (N-methyl/N-ethyl adjacent to an activating group) is 1. The van der Waals surface area contributed by atoms with Gasteiger partial charge in [0.05, 0.1) is 31.6 Å². The van der Waals surface area contributed by atoms with Crippen molar-refractivity contribution in [3.8, 4) is 0 Å². The van der Waals surface area contributed by atoms with Gasteiger partial charge in [-0.3, -0.25) is 9.48 Å². The molecule has 2 bridgehead atoms. The van der Waals surface area contributed by atoms with Crippen LogP contribution in [-0.2, 0) is 28.1 Å². The Kier molecular flexibility index (Phi) is 9.67. The quantitative estimate of drug-likeness (QED) is 0.633. The Hall–Kier alpha value is -2.98. The van der Waals surface area contributed by atoms with E-state index in [1.807, 2.05) is 44.3 Å². The van der Waals surface area contributed by atoms with Gasteiger partial charge in [-0.05, 0) is 36.5 Å². The molecule has 37 heavy (non-hydrogen) atoms. The number of aliphatic hydroxyl groups excluding tert-OH is 1. The summed E-state index contributed by atoms with van der Waals surface area (Å²) in [5.74, 6) is -0.119. The average molecular weight is 515 g/mol. The molecule has 2 heterocycles. The summed E-state index contributed by atoms with van der Waals surface area (Å²) in [6.07, 6.45) is 2.45. The Labute approximate surface area is 220 Å². The van der Waals surface area contributed by atoms with Gasteiger partial charge in [0.25, 0.3) is 0 Å². The smallest absolute Gasteiger partial charge is 0.321 e. The molecule has 3 atom stereocenters. The SMILES string of the molecule is C[C@@H]1CN([C@@H](C)CO)C(=O)CCCn2cc(nn2)CO[C@H]1CN(C)C(=O)Nc1ccc(C(C)(C)C)cc1. The van der Waals surface area contributed by atoms with Crippen LogP contribution in [0.2, 0.25) is 0 Å². The third kappa shape index (κ3) is 8.00. The van der Waals surface area contributed by atoms with Crippen LogP contribution in [-0.4, -0.2) is 80.7 Å². The first-order valence-corrected chi connectivity index (χ1v) is 13.0. The number of fused-ring (bicyclic) bond motifs is 2. The Balaban J connectivity index is 1.73. The van der Waals surface area contributed by atoms with E-state index in [1.54, 1.807) is 21.5 Å². The maximum absolute atomic E-state index is 13.0. The van der Waals surface area contributed by atoms with E-state index in [1.165, 1.54) is 5.56 Å². The van der Waals surface area contributed by atoms with E-state index in [2.05, 4.69) is 36.4 Å². The number of nitrogens with zero attached hydrogens (tertiary/aromatic N) is 5. The first-order chi connectivity index (χ1) is 17.5. The molecule has 10 heteroatoms. The van der Waals surface area contributed by atoms with Crippen molar-refractivity contribution in [1.82, 2.24) is 24.8 Å². The molecule has 0 fully saturated rings. The fraction of sp³-hybridized carbons (Fsp3) is 0.630. The third-order valence-electron chi connectivity index (χ3n) is 6.85. The first kappa shape index (κ1) is 28.6. The molecule has 0 saturated carbocycles. The lowest BCUT2D eigenvalue weighted by Crippen LogP contribution is -2.48. The zero-order valence-electron chi connectivity index (χ0n) is 23.0. The van der Waals surface area contributed by atoms with E-state index in [0.717, 1.165) is 5.69 Å². The number of aliphatic hydroxyl groups is 1. The van der Waals surface area contributed by atoms with E-state index in [-0.39, 0.29) is 48.6 Å². The van der Waals surface area contributed by atoms with E-state index in [4.69, 9.17) is 4.74 Å². The van der Waals surface area contributed by atoms with Gasteiger partial charge < -0.3 is 25.0 Å². The molecule has 3 amide bonds. The minimum Gasteiger partial charge on any atom is -0.394 e. The van der Waals surface area contributed by atoms with Gasteiger partial charge in [0.1, 0.15) is 5.69 Å². The van der Waals surface area contributed by atoms with Gasteiger partial charge in [-0.1, -0.05) is 45.0 Å². The van der Waals surface area contributed by atoms with Crippen LogP contribution in [0.15, 0.2) is 30.5 Å². The second kappa shape index (κ2) is 12.5. The molecule has 0 radical (unpaired) electrons. The highest BCUT2D eigenvalue weighted by atomic mass is 16.5. The van der Waals surface area contributed by atoms with Gasteiger partial charge in [-0.15, -0.1) is 5.10 Å². The number of carbonyl (C=O) groups is 2. The van der Waals surface area contributed by atoms with Crippen LogP contribution in [0.1, 0.15) is 58.7 Å². The molecular formula is C27H42N6O4. The van der Waals surface area contributed by atoms with Crippen LogP contribution >= 0.6 is 0 Å². The number of nitrogens with one attached hydrogen (secondary N) is 1. The molecule has 1 aliphatic heterocycles. The minimum atomic E-state index is -0.369. The van der Waals surface area contributed by atoms with E-state index < -0.39 is 0 Å². The van der Waals surface area contributed by atoms with Crippen LogP contribution in [0.4, 0.5) is 10.5 Å². The molecule has 2 N–H and O–H groups in total. The highest BCUT2D eigenvalue weighted by Crippen LogP contribution is 2.24. The molecular weight excluding hydrogens is 472 g/mol. The largest absolute Gasteiger partial charge is 0.394 e. The Morgan fingerprint density at radius 2 is 2.00 bits per heavy atom. The molecule has 0 saturated heterocycles. The molecule has 3 rings (SSSR count). The number of aromatic nitrogens is 3. The van der Waals surface area contributed by atoms with Crippen molar-refractivity contribution in [1.29, 1.82) is 0 Å². The zero-order valence-corrected chi connectivity index (χ0v) is 23.0. The lowest BCUT2D eigenvalue weighted by Gasteiger charge is -2.35. The number of carbonyl (C=O) groups excluding carboxylic acids is 2. The minimum absolute atomic E-state index is 0.0171. The number of ether oxygens (including phenoxy) is 1. The number of anilines is 1. The van der Waals surface area contributed by atoms with Gasteiger partial charge in [0, 0.05) is 44.7 Å². The van der Waals surface area contributed by atoms with Crippen molar-refractivity contribution in [2.75, 3.05) is 32.1 Å². The Bertz CT molecular complexity index is 1030. The van der Waals surface area contributed by atoms with E-state index in [0.29, 0.717) is 38.2 Å². The maximum Gasteiger partial charge on any atom is 0.321 e. The average Bonchev–Trinajstić information content (AvgIpc) is 3.31. The highest BCUT2D eigenvalue weighted by Gasteiger charge is 2.29. The van der Waals surface area contributed by atoms with Crippen molar-refractivity contribution in [2.24, 2.45) is 5.92 Å². The summed E-state index contributed by atoms with van der Waals surface area (Å²) in [5, 5.41) is 21.0. The van der Waals surface area contributed by atoms with Gasteiger partial charge >= 0.3 is 6.03 Å². The number of benzene rings is 1. The lowest BCUT2D eigenvalue weighted by molar-refractivity contribution is -0.136. The van der Waals surface area contributed by atoms with Crippen molar-refractivity contribution in [3.63, 3.8) is 0 Å². The van der Waals surface area contributed by atoms with Gasteiger partial charge in [-0.25, -0.2) is 4.79 Å². The van der Waals surface area contributed by atoms with Gasteiger partial charge in [0.15, 0.2) is 0 Å². The molecule has 10 nitrogen and oxygen atoms in total. The fourth-order valence-corrected chi connectivity index (χ4v) is 4.32. The fourth-order valence-electron chi connectivity index (χ4n) is 4.32. The number of urea groups is 1. The molecule has 0 aliphatic carbocycles. The van der Waals surface area contributed by atoms with Crippen molar-refractivity contribution in [2.45, 2.75) is 78.2 Å². The summed E-state index contributed by atoms with van der Waals surface area (Å²) in [6, 6.07) is 7.32. The summed E-state index contributed by atoms with van der Waals surface area (Å²) in [7, 11) is 1.73. The van der Waals surface area contributed by atoms with Crippen molar-refractivity contribution in [3.05, 3.63) is 41.7 Å². The molecule has 1 aromatic heterocycles. The first-order valence-electron chi connectivity index (χ1n) is 13.0. The zero-order chi connectivity index (χ0) is 27.2. The van der Waals surface area contributed by atoms with Crippen LogP contribution < -0.4 is 5.32 Å². The topological polar surface area (TPSA) is 113 Å². The molecule has 0 unspecified atom stereocenters. The maximum atomic E-state index is 13.0. The predicted molar refractivity (Wildman–Crippen MR) is 142 cm³/mol. The Morgan fingerprint density at radius 3 is 2.65 bits per heavy atom. The molecule has 1 aliphatic rings. The van der Waals surface area contributed by atoms with Crippen LogP contribution in [0.5, 0.6) is 0 Å². The summed E-state index contributed by atoms with van der Waals surface area (Å²) in [4.78, 5) is 29.3. The normalized spacial score (nSPS) is 20.4. The number of hydrogen-bond acceptors (Lipinski definition) is 6. The number of rotatable bonds is 5. The van der Waals surface area contributed by atoms with Crippen LogP contribution in [0, 0.1) is 5.92 Å². The monoisotopic (exact) mass is 514 g/mol. The third-order valence-corrected chi connectivity index (χ3v) is 6.85.